The number of hydrogen-bond acceptors (Lipinski definition) is 2. The molecule has 1 heterocycles. The molecule has 0 atom stereocenters. The Bertz CT molecular complexity index is 465. The van der Waals surface area contributed by atoms with Crippen molar-refractivity contribution >= 4 is 10.9 Å². The second-order valence-electron chi connectivity index (χ2n) is 3.80. The van der Waals surface area contributed by atoms with Crippen molar-refractivity contribution in [2.45, 2.75) is 26.2 Å². The number of fused-ring (bicyclic) bond motifs is 1. The van der Waals surface area contributed by atoms with Crippen molar-refractivity contribution in [1.82, 2.24) is 4.98 Å². The van der Waals surface area contributed by atoms with Crippen LogP contribution in [0.3, 0.4) is 0 Å². The summed E-state index contributed by atoms with van der Waals surface area (Å²) < 4.78 is 0. The van der Waals surface area contributed by atoms with E-state index in [0.717, 1.165) is 11.8 Å². The lowest BCUT2D eigenvalue weighted by molar-refractivity contribution is 0.480. The normalized spacial score (nSPS) is 10.7. The van der Waals surface area contributed by atoms with Crippen molar-refractivity contribution in [2.24, 2.45) is 0 Å². The number of aromatic nitrogens is 1. The third-order valence-corrected chi connectivity index (χ3v) is 2.57. The summed E-state index contributed by atoms with van der Waals surface area (Å²) in [6.45, 7) is 2.18. The van der Waals surface area contributed by atoms with E-state index in [9.17, 15) is 5.11 Å². The molecule has 0 saturated carbocycles. The average Bonchev–Trinajstić information content (AvgIpc) is 2.26. The van der Waals surface area contributed by atoms with Crippen LogP contribution in [-0.2, 0) is 6.42 Å². The van der Waals surface area contributed by atoms with Gasteiger partial charge in [0.05, 0.1) is 0 Å². The molecule has 0 fully saturated rings. The zero-order chi connectivity index (χ0) is 10.7. The van der Waals surface area contributed by atoms with Gasteiger partial charge in [-0.1, -0.05) is 25.5 Å². The Kier molecular flexibility index (Phi) is 2.86. The first-order chi connectivity index (χ1) is 7.31. The molecular weight excluding hydrogens is 186 g/mol. The molecule has 2 rings (SSSR count). The average molecular weight is 201 g/mol. The van der Waals surface area contributed by atoms with E-state index in [1.54, 1.807) is 6.07 Å². The molecule has 1 N–H and O–H groups in total. The van der Waals surface area contributed by atoms with Gasteiger partial charge in [0.25, 0.3) is 0 Å². The van der Waals surface area contributed by atoms with Gasteiger partial charge in [0, 0.05) is 11.6 Å². The molecule has 2 nitrogen and oxygen atoms in total. The summed E-state index contributed by atoms with van der Waals surface area (Å²) in [4.78, 5) is 4.28. The molecular formula is C13H15NO. The fourth-order valence-electron chi connectivity index (χ4n) is 1.71. The number of aromatic hydroxyl groups is 1. The van der Waals surface area contributed by atoms with Crippen LogP contribution < -0.4 is 0 Å². The molecule has 0 bridgehead atoms. The molecule has 15 heavy (non-hydrogen) atoms. The van der Waals surface area contributed by atoms with Crippen molar-refractivity contribution in [2.75, 3.05) is 0 Å². The standard InChI is InChI=1S/C13H15NO/c1-2-3-5-10-8-11-6-4-7-12(15)13(11)14-9-10/h4,6-9,15H,2-3,5H2,1H3. The predicted molar refractivity (Wildman–Crippen MR) is 62.0 cm³/mol. The van der Waals surface area contributed by atoms with Gasteiger partial charge in [-0.15, -0.1) is 0 Å². The number of hydrogen-bond donors (Lipinski definition) is 1. The van der Waals surface area contributed by atoms with E-state index >= 15 is 0 Å². The molecule has 2 aromatic rings. The molecule has 0 unspecified atom stereocenters. The Labute approximate surface area is 89.6 Å². The fourth-order valence-corrected chi connectivity index (χ4v) is 1.71. The van der Waals surface area contributed by atoms with Gasteiger partial charge in [-0.05, 0) is 30.5 Å². The van der Waals surface area contributed by atoms with Gasteiger partial charge in [-0.2, -0.15) is 0 Å². The first kappa shape index (κ1) is 9.97. The summed E-state index contributed by atoms with van der Waals surface area (Å²) in [5.74, 6) is 0.259. The Hall–Kier alpha value is -1.57. The predicted octanol–water partition coefficient (Wildman–Crippen LogP) is 3.28. The Balaban J connectivity index is 2.39. The number of phenols is 1. The van der Waals surface area contributed by atoms with Gasteiger partial charge < -0.3 is 5.11 Å². The maximum absolute atomic E-state index is 9.58. The van der Waals surface area contributed by atoms with E-state index in [1.165, 1.54) is 18.4 Å². The number of rotatable bonds is 3. The highest BCUT2D eigenvalue weighted by Gasteiger charge is 2.01. The van der Waals surface area contributed by atoms with E-state index in [2.05, 4.69) is 18.0 Å². The van der Waals surface area contributed by atoms with Gasteiger partial charge in [0.2, 0.25) is 0 Å². The number of phenolic OH excluding ortho intramolecular Hbond substituents is 1. The highest BCUT2D eigenvalue weighted by Crippen LogP contribution is 2.22. The fraction of sp³-hybridized carbons (Fsp3) is 0.308. The monoisotopic (exact) mass is 201 g/mol. The summed E-state index contributed by atoms with van der Waals surface area (Å²) in [6, 6.07) is 7.61. The molecule has 0 aliphatic heterocycles. The van der Waals surface area contributed by atoms with E-state index in [0.29, 0.717) is 5.52 Å². The van der Waals surface area contributed by atoms with Crippen LogP contribution in [0.4, 0.5) is 0 Å². The van der Waals surface area contributed by atoms with Crippen LogP contribution in [0.2, 0.25) is 0 Å². The van der Waals surface area contributed by atoms with E-state index < -0.39 is 0 Å². The van der Waals surface area contributed by atoms with Crippen molar-refractivity contribution < 1.29 is 5.11 Å². The second kappa shape index (κ2) is 4.30. The Morgan fingerprint density at radius 2 is 2.20 bits per heavy atom. The molecule has 0 amide bonds. The van der Waals surface area contributed by atoms with Crippen LogP contribution in [0.5, 0.6) is 5.75 Å². The minimum absolute atomic E-state index is 0.259. The van der Waals surface area contributed by atoms with Crippen LogP contribution >= 0.6 is 0 Å². The minimum atomic E-state index is 0.259. The molecule has 0 aliphatic rings. The lowest BCUT2D eigenvalue weighted by Crippen LogP contribution is -1.87. The summed E-state index contributed by atoms with van der Waals surface area (Å²) in [5.41, 5.74) is 1.94. The van der Waals surface area contributed by atoms with Crippen molar-refractivity contribution in [1.29, 1.82) is 0 Å². The Morgan fingerprint density at radius 3 is 3.00 bits per heavy atom. The largest absolute Gasteiger partial charge is 0.506 e. The Morgan fingerprint density at radius 1 is 1.33 bits per heavy atom. The van der Waals surface area contributed by atoms with Crippen molar-refractivity contribution in [3.63, 3.8) is 0 Å². The number of para-hydroxylation sites is 1. The van der Waals surface area contributed by atoms with E-state index in [-0.39, 0.29) is 5.75 Å². The van der Waals surface area contributed by atoms with Gasteiger partial charge in [0.15, 0.2) is 0 Å². The maximum Gasteiger partial charge on any atom is 0.141 e. The maximum atomic E-state index is 9.58. The van der Waals surface area contributed by atoms with Crippen LogP contribution in [0.25, 0.3) is 10.9 Å². The molecule has 0 saturated heterocycles. The number of benzene rings is 1. The lowest BCUT2D eigenvalue weighted by Gasteiger charge is -2.03. The van der Waals surface area contributed by atoms with E-state index in [1.807, 2.05) is 18.3 Å². The molecule has 0 aliphatic carbocycles. The molecule has 0 radical (unpaired) electrons. The van der Waals surface area contributed by atoms with Gasteiger partial charge in [-0.25, -0.2) is 0 Å². The van der Waals surface area contributed by atoms with Crippen LogP contribution in [-0.4, -0.2) is 10.1 Å². The summed E-state index contributed by atoms with van der Waals surface area (Å²) >= 11 is 0. The third kappa shape index (κ3) is 2.09. The van der Waals surface area contributed by atoms with Crippen molar-refractivity contribution in [3.05, 3.63) is 36.0 Å². The lowest BCUT2D eigenvalue weighted by atomic mass is 10.1. The van der Waals surface area contributed by atoms with Gasteiger partial charge in [-0.3, -0.25) is 4.98 Å². The smallest absolute Gasteiger partial charge is 0.141 e. The molecule has 1 aromatic carbocycles. The molecule has 1 aromatic heterocycles. The van der Waals surface area contributed by atoms with Crippen LogP contribution in [0, 0.1) is 0 Å². The SMILES string of the molecule is CCCCc1cnc2c(O)cccc2c1. The highest BCUT2D eigenvalue weighted by molar-refractivity contribution is 5.84. The van der Waals surface area contributed by atoms with Gasteiger partial charge in [0.1, 0.15) is 11.3 Å². The topological polar surface area (TPSA) is 33.1 Å². The first-order valence-corrected chi connectivity index (χ1v) is 5.38. The van der Waals surface area contributed by atoms with Crippen LogP contribution in [0.1, 0.15) is 25.3 Å². The third-order valence-electron chi connectivity index (χ3n) is 2.57. The number of nitrogens with zero attached hydrogens (tertiary/aromatic N) is 1. The quantitative estimate of drug-likeness (QED) is 0.826. The second-order valence-corrected chi connectivity index (χ2v) is 3.80. The zero-order valence-electron chi connectivity index (χ0n) is 8.90. The number of aryl methyl sites for hydroxylation is 1. The van der Waals surface area contributed by atoms with E-state index in [4.69, 9.17) is 0 Å². The minimum Gasteiger partial charge on any atom is -0.506 e. The first-order valence-electron chi connectivity index (χ1n) is 5.38. The molecule has 2 heteroatoms. The molecule has 78 valence electrons. The van der Waals surface area contributed by atoms with Crippen molar-refractivity contribution in [3.8, 4) is 5.75 Å². The van der Waals surface area contributed by atoms with Gasteiger partial charge >= 0.3 is 0 Å². The highest BCUT2D eigenvalue weighted by atomic mass is 16.3. The summed E-state index contributed by atoms with van der Waals surface area (Å²) in [6.07, 6.45) is 5.30. The summed E-state index contributed by atoms with van der Waals surface area (Å²) in [5, 5.41) is 10.6. The zero-order valence-corrected chi connectivity index (χ0v) is 8.90. The number of pyridine rings is 1. The number of unbranched alkanes of at least 4 members (excludes halogenated alkanes) is 1. The van der Waals surface area contributed by atoms with Crippen LogP contribution in [0.15, 0.2) is 30.5 Å². The molecule has 0 spiro atoms. The summed E-state index contributed by atoms with van der Waals surface area (Å²) in [7, 11) is 0.